The fraction of sp³-hybridized carbons (Fsp3) is 0.500. The van der Waals surface area contributed by atoms with Crippen molar-refractivity contribution in [3.63, 3.8) is 0 Å². The number of nitrogens with zero attached hydrogens (tertiary/aromatic N) is 1. The van der Waals surface area contributed by atoms with Crippen LogP contribution in [0.15, 0.2) is 12.5 Å². The van der Waals surface area contributed by atoms with Crippen LogP contribution in [0, 0.1) is 0 Å². The molecule has 8 nitrogen and oxygen atoms in total. The second-order valence-corrected chi connectivity index (χ2v) is 3.58. The molecule has 0 aromatic carbocycles. The van der Waals surface area contributed by atoms with E-state index in [1.165, 1.54) is 12.5 Å². The van der Waals surface area contributed by atoms with Crippen molar-refractivity contribution in [2.75, 3.05) is 19.8 Å². The molecule has 18 heavy (non-hydrogen) atoms. The van der Waals surface area contributed by atoms with E-state index in [2.05, 4.69) is 15.3 Å². The average Bonchev–Trinajstić information content (AvgIpc) is 2.81. The number of aromatic amines is 1. The number of hydrogen-bond acceptors (Lipinski definition) is 5. The third-order valence-electron chi connectivity index (χ3n) is 2.11. The molecule has 0 aliphatic carbocycles. The number of nitrogens with two attached hydrogens (primary N) is 1. The van der Waals surface area contributed by atoms with Gasteiger partial charge < -0.3 is 25.9 Å². The molecule has 0 bridgehead atoms. The van der Waals surface area contributed by atoms with Gasteiger partial charge in [0, 0.05) is 24.9 Å². The molecule has 1 unspecified atom stereocenters. The Morgan fingerprint density at radius 3 is 2.94 bits per heavy atom. The van der Waals surface area contributed by atoms with Crippen molar-refractivity contribution >= 4 is 11.9 Å². The molecule has 1 aromatic heterocycles. The molecule has 0 aliphatic heterocycles. The molecular formula is C10H16N4O4. The first-order valence-corrected chi connectivity index (χ1v) is 5.40. The number of ether oxygens (including phenoxy) is 1. The molecule has 0 fully saturated rings. The van der Waals surface area contributed by atoms with Gasteiger partial charge in [-0.1, -0.05) is 0 Å². The predicted molar refractivity (Wildman–Crippen MR) is 61.7 cm³/mol. The SMILES string of the molecule is NCCOCC(=O)NC(Cc1cnc[nH]1)C(=O)O. The number of carbonyl (C=O) groups excluding carboxylic acids is 1. The van der Waals surface area contributed by atoms with Crippen molar-refractivity contribution < 1.29 is 19.4 Å². The van der Waals surface area contributed by atoms with E-state index in [1.54, 1.807) is 0 Å². The number of imidazole rings is 1. The first kappa shape index (κ1) is 14.1. The van der Waals surface area contributed by atoms with Crippen molar-refractivity contribution in [2.45, 2.75) is 12.5 Å². The minimum atomic E-state index is -1.11. The van der Waals surface area contributed by atoms with Crippen LogP contribution in [0.1, 0.15) is 5.69 Å². The molecule has 0 aliphatic rings. The van der Waals surface area contributed by atoms with Crippen LogP contribution in [0.4, 0.5) is 0 Å². The molecule has 0 saturated heterocycles. The highest BCUT2D eigenvalue weighted by molar-refractivity contribution is 5.84. The Balaban J connectivity index is 2.42. The fourth-order valence-electron chi connectivity index (χ4n) is 1.30. The van der Waals surface area contributed by atoms with Crippen LogP contribution in [0.2, 0.25) is 0 Å². The third kappa shape index (κ3) is 4.93. The number of amides is 1. The van der Waals surface area contributed by atoms with Crippen LogP contribution in [-0.4, -0.2) is 52.8 Å². The van der Waals surface area contributed by atoms with E-state index in [0.29, 0.717) is 12.2 Å². The molecule has 5 N–H and O–H groups in total. The molecule has 1 amide bonds. The number of nitrogens with one attached hydrogen (secondary N) is 2. The number of hydrogen-bond donors (Lipinski definition) is 4. The van der Waals surface area contributed by atoms with Crippen LogP contribution in [0.25, 0.3) is 0 Å². The maximum absolute atomic E-state index is 11.4. The van der Waals surface area contributed by atoms with Crippen molar-refractivity contribution in [3.05, 3.63) is 18.2 Å². The van der Waals surface area contributed by atoms with Crippen LogP contribution in [-0.2, 0) is 20.7 Å². The third-order valence-corrected chi connectivity index (χ3v) is 2.11. The van der Waals surface area contributed by atoms with E-state index < -0.39 is 17.9 Å². The van der Waals surface area contributed by atoms with E-state index in [-0.39, 0.29) is 19.6 Å². The van der Waals surface area contributed by atoms with Gasteiger partial charge in [0.15, 0.2) is 0 Å². The number of aliphatic carboxylic acids is 1. The standard InChI is InChI=1S/C10H16N4O4/c11-1-2-18-5-9(15)14-8(10(16)17)3-7-4-12-6-13-7/h4,6,8H,1-3,5,11H2,(H,12,13)(H,14,15)(H,16,17). The van der Waals surface area contributed by atoms with Crippen LogP contribution >= 0.6 is 0 Å². The Labute approximate surface area is 104 Å². The van der Waals surface area contributed by atoms with E-state index in [1.807, 2.05) is 0 Å². The molecule has 0 spiro atoms. The van der Waals surface area contributed by atoms with Gasteiger partial charge >= 0.3 is 5.97 Å². The summed E-state index contributed by atoms with van der Waals surface area (Å²) in [5.74, 6) is -1.60. The molecule has 1 rings (SSSR count). The van der Waals surface area contributed by atoms with Crippen molar-refractivity contribution in [2.24, 2.45) is 5.73 Å². The van der Waals surface area contributed by atoms with Crippen molar-refractivity contribution in [3.8, 4) is 0 Å². The van der Waals surface area contributed by atoms with Gasteiger partial charge in [-0.3, -0.25) is 4.79 Å². The average molecular weight is 256 g/mol. The highest BCUT2D eigenvalue weighted by atomic mass is 16.5. The van der Waals surface area contributed by atoms with Gasteiger partial charge in [0.05, 0.1) is 12.9 Å². The van der Waals surface area contributed by atoms with Gasteiger partial charge in [0.25, 0.3) is 0 Å². The lowest BCUT2D eigenvalue weighted by atomic mass is 10.1. The molecule has 0 saturated carbocycles. The molecule has 100 valence electrons. The molecular weight excluding hydrogens is 240 g/mol. The van der Waals surface area contributed by atoms with E-state index in [0.717, 1.165) is 0 Å². The van der Waals surface area contributed by atoms with Gasteiger partial charge in [0.2, 0.25) is 5.91 Å². The number of rotatable bonds is 8. The number of H-pyrrole nitrogens is 1. The normalized spacial score (nSPS) is 12.1. The summed E-state index contributed by atoms with van der Waals surface area (Å²) in [7, 11) is 0. The summed E-state index contributed by atoms with van der Waals surface area (Å²) >= 11 is 0. The Hall–Kier alpha value is -1.93. The summed E-state index contributed by atoms with van der Waals surface area (Å²) in [4.78, 5) is 28.9. The number of aromatic nitrogens is 2. The van der Waals surface area contributed by atoms with Crippen molar-refractivity contribution in [1.29, 1.82) is 0 Å². The van der Waals surface area contributed by atoms with E-state index in [9.17, 15) is 9.59 Å². The lowest BCUT2D eigenvalue weighted by Crippen LogP contribution is -2.44. The largest absolute Gasteiger partial charge is 0.480 e. The summed E-state index contributed by atoms with van der Waals surface area (Å²) in [5.41, 5.74) is 5.82. The lowest BCUT2D eigenvalue weighted by molar-refractivity contribution is -0.142. The summed E-state index contributed by atoms with van der Waals surface area (Å²) < 4.78 is 4.91. The Kier molecular flexibility index (Phi) is 5.81. The Morgan fingerprint density at radius 2 is 2.39 bits per heavy atom. The zero-order valence-electron chi connectivity index (χ0n) is 9.76. The summed E-state index contributed by atoms with van der Waals surface area (Å²) in [5, 5.41) is 11.3. The first-order chi connectivity index (χ1) is 8.63. The van der Waals surface area contributed by atoms with Crippen molar-refractivity contribution in [1.82, 2.24) is 15.3 Å². The van der Waals surface area contributed by atoms with Gasteiger partial charge in [-0.2, -0.15) is 0 Å². The highest BCUT2D eigenvalue weighted by Crippen LogP contribution is 1.98. The molecule has 8 heteroatoms. The van der Waals surface area contributed by atoms with Gasteiger partial charge in [-0.15, -0.1) is 0 Å². The van der Waals surface area contributed by atoms with E-state index in [4.69, 9.17) is 15.6 Å². The quantitative estimate of drug-likeness (QED) is 0.419. The van der Waals surface area contributed by atoms with Gasteiger partial charge in [-0.05, 0) is 0 Å². The minimum absolute atomic E-state index is 0.137. The maximum atomic E-state index is 11.4. The molecule has 1 aromatic rings. The highest BCUT2D eigenvalue weighted by Gasteiger charge is 2.20. The topological polar surface area (TPSA) is 130 Å². The van der Waals surface area contributed by atoms with Crippen LogP contribution in [0.3, 0.4) is 0 Å². The van der Waals surface area contributed by atoms with Gasteiger partial charge in [0.1, 0.15) is 12.6 Å². The first-order valence-electron chi connectivity index (χ1n) is 5.40. The van der Waals surface area contributed by atoms with Crippen LogP contribution < -0.4 is 11.1 Å². The maximum Gasteiger partial charge on any atom is 0.326 e. The van der Waals surface area contributed by atoms with E-state index >= 15 is 0 Å². The monoisotopic (exact) mass is 256 g/mol. The predicted octanol–water partition coefficient (Wildman–Crippen LogP) is -1.50. The summed E-state index contributed by atoms with van der Waals surface area (Å²) in [6.07, 6.45) is 3.09. The summed E-state index contributed by atoms with van der Waals surface area (Å²) in [6, 6.07) is -1.01. The zero-order chi connectivity index (χ0) is 13.4. The zero-order valence-corrected chi connectivity index (χ0v) is 9.76. The molecule has 1 atom stereocenters. The second-order valence-electron chi connectivity index (χ2n) is 3.58. The lowest BCUT2D eigenvalue weighted by Gasteiger charge is -2.13. The Morgan fingerprint density at radius 1 is 1.61 bits per heavy atom. The second kappa shape index (κ2) is 7.41. The minimum Gasteiger partial charge on any atom is -0.480 e. The smallest absolute Gasteiger partial charge is 0.326 e. The number of carboxylic acids is 1. The Bertz CT molecular complexity index is 379. The van der Waals surface area contributed by atoms with Gasteiger partial charge in [-0.25, -0.2) is 9.78 Å². The molecule has 1 heterocycles. The molecule has 0 radical (unpaired) electrons. The fourth-order valence-corrected chi connectivity index (χ4v) is 1.30. The summed E-state index contributed by atoms with van der Waals surface area (Å²) in [6.45, 7) is 0.361. The van der Waals surface area contributed by atoms with Crippen LogP contribution in [0.5, 0.6) is 0 Å². The number of carboxylic acid groups (broad SMARTS) is 1. The number of carbonyl (C=O) groups is 2.